The van der Waals surface area contributed by atoms with Gasteiger partial charge in [0.1, 0.15) is 0 Å². The maximum absolute atomic E-state index is 5.37. The van der Waals surface area contributed by atoms with Gasteiger partial charge in [0.25, 0.3) is 0 Å². The predicted molar refractivity (Wildman–Crippen MR) is 91.1 cm³/mol. The molecule has 3 heteroatoms. The minimum Gasteiger partial charge on any atom is -0.501 e. The largest absolute Gasteiger partial charge is 0.501 e. The van der Waals surface area contributed by atoms with Gasteiger partial charge in [0.2, 0.25) is 5.69 Å². The summed E-state index contributed by atoms with van der Waals surface area (Å²) in [6.45, 7) is 4.79. The summed E-state index contributed by atoms with van der Waals surface area (Å²) in [5.74, 6) is 1.21. The van der Waals surface area contributed by atoms with E-state index in [1.165, 1.54) is 16.8 Å². The molecule has 1 aliphatic rings. The lowest BCUT2D eigenvalue weighted by Crippen LogP contribution is -2.47. The van der Waals surface area contributed by atoms with Crippen LogP contribution in [0, 0.1) is 0 Å². The van der Waals surface area contributed by atoms with Crippen LogP contribution in [0.5, 0.6) is 0 Å². The maximum Gasteiger partial charge on any atom is 0.213 e. The van der Waals surface area contributed by atoms with Crippen LogP contribution in [0.2, 0.25) is 0 Å². The highest BCUT2D eigenvalue weighted by atomic mass is 16.5. The molecule has 0 radical (unpaired) electrons. The molecule has 0 saturated carbocycles. The van der Waals surface area contributed by atoms with E-state index in [1.54, 1.807) is 14.2 Å². The summed E-state index contributed by atoms with van der Waals surface area (Å²) in [6, 6.07) is 15.4. The van der Waals surface area contributed by atoms with E-state index in [2.05, 4.69) is 59.8 Å². The molecule has 0 N–H and O–H groups in total. The fraction of sp³-hybridized carbons (Fsp3) is 0.350. The first-order chi connectivity index (χ1) is 11.3. The van der Waals surface area contributed by atoms with Crippen molar-refractivity contribution in [2.24, 2.45) is 0 Å². The van der Waals surface area contributed by atoms with Gasteiger partial charge in [0, 0.05) is 37.3 Å². The Morgan fingerprint density at radius 2 is 1.91 bits per heavy atom. The summed E-state index contributed by atoms with van der Waals surface area (Å²) in [4.78, 5) is 0. The second kappa shape index (κ2) is 6.97. The molecule has 2 atom stereocenters. The molecular weight excluding hydrogens is 286 g/mol. The molecular formula is C20H24NO2+. The lowest BCUT2D eigenvalue weighted by atomic mass is 9.80. The van der Waals surface area contributed by atoms with Crippen molar-refractivity contribution in [3.05, 3.63) is 66.6 Å². The van der Waals surface area contributed by atoms with Gasteiger partial charge in [-0.2, -0.15) is 4.57 Å². The number of hydrogen-bond acceptors (Lipinski definition) is 2. The van der Waals surface area contributed by atoms with Crippen LogP contribution in [0.15, 0.2) is 61.0 Å². The number of rotatable bonds is 6. The predicted octanol–water partition coefficient (Wildman–Crippen LogP) is 3.87. The molecule has 2 heterocycles. The van der Waals surface area contributed by atoms with Crippen LogP contribution >= 0.6 is 0 Å². The molecule has 0 saturated heterocycles. The van der Waals surface area contributed by atoms with Crippen LogP contribution in [0.4, 0.5) is 0 Å². The first-order valence-corrected chi connectivity index (χ1v) is 8.06. The SMILES string of the molecule is C=C(CC1C(CCOC)c2ccccc2-c2cccc[n+]21)OC. The third-order valence-electron chi connectivity index (χ3n) is 4.71. The molecule has 3 rings (SSSR count). The molecule has 3 nitrogen and oxygen atoms in total. The summed E-state index contributed by atoms with van der Waals surface area (Å²) in [5, 5.41) is 0. The smallest absolute Gasteiger partial charge is 0.213 e. The van der Waals surface area contributed by atoms with Crippen LogP contribution in [-0.2, 0) is 9.47 Å². The molecule has 0 bridgehead atoms. The minimum atomic E-state index is 0.295. The molecule has 1 aliphatic heterocycles. The van der Waals surface area contributed by atoms with E-state index in [4.69, 9.17) is 9.47 Å². The third-order valence-corrected chi connectivity index (χ3v) is 4.71. The van der Waals surface area contributed by atoms with Crippen molar-refractivity contribution in [1.82, 2.24) is 0 Å². The molecule has 1 aromatic carbocycles. The highest BCUT2D eigenvalue weighted by Gasteiger charge is 2.39. The van der Waals surface area contributed by atoms with Gasteiger partial charge < -0.3 is 9.47 Å². The summed E-state index contributed by atoms with van der Waals surface area (Å²) in [6.07, 6.45) is 3.95. The van der Waals surface area contributed by atoms with E-state index in [1.807, 2.05) is 0 Å². The third kappa shape index (κ3) is 3.02. The van der Waals surface area contributed by atoms with Crippen LogP contribution < -0.4 is 4.57 Å². The molecule has 0 amide bonds. The lowest BCUT2D eigenvalue weighted by molar-refractivity contribution is -0.718. The van der Waals surface area contributed by atoms with Gasteiger partial charge in [0.15, 0.2) is 12.2 Å². The number of pyridine rings is 1. The minimum absolute atomic E-state index is 0.295. The molecule has 0 spiro atoms. The second-order valence-corrected chi connectivity index (χ2v) is 5.98. The number of benzene rings is 1. The van der Waals surface area contributed by atoms with E-state index in [-0.39, 0.29) is 0 Å². The van der Waals surface area contributed by atoms with Crippen molar-refractivity contribution < 1.29 is 14.0 Å². The molecule has 2 aromatic rings. The van der Waals surface area contributed by atoms with Crippen LogP contribution in [-0.4, -0.2) is 20.8 Å². The summed E-state index contributed by atoms with van der Waals surface area (Å²) in [7, 11) is 3.46. The van der Waals surface area contributed by atoms with Gasteiger partial charge in [-0.1, -0.05) is 24.8 Å². The number of nitrogens with zero attached hydrogens (tertiary/aromatic N) is 1. The molecule has 0 aliphatic carbocycles. The Labute approximate surface area is 138 Å². The number of allylic oxidation sites excluding steroid dienone is 1. The highest BCUT2D eigenvalue weighted by molar-refractivity contribution is 5.63. The Bertz CT molecular complexity index is 696. The first-order valence-electron chi connectivity index (χ1n) is 8.06. The van der Waals surface area contributed by atoms with Crippen molar-refractivity contribution in [1.29, 1.82) is 0 Å². The average Bonchev–Trinajstić information content (AvgIpc) is 2.61. The number of methoxy groups -OCH3 is 2. The van der Waals surface area contributed by atoms with Gasteiger partial charge in [-0.25, -0.2) is 0 Å². The van der Waals surface area contributed by atoms with Gasteiger partial charge in [-0.05, 0) is 24.1 Å². The second-order valence-electron chi connectivity index (χ2n) is 5.98. The summed E-state index contributed by atoms with van der Waals surface area (Å²) in [5.41, 5.74) is 3.96. The maximum atomic E-state index is 5.37. The van der Waals surface area contributed by atoms with E-state index >= 15 is 0 Å². The Kier molecular flexibility index (Phi) is 4.77. The molecule has 2 unspecified atom stereocenters. The van der Waals surface area contributed by atoms with Gasteiger partial charge in [0.05, 0.1) is 19.3 Å². The number of fused-ring (bicyclic) bond motifs is 3. The Hall–Kier alpha value is -2.13. The molecule has 1 aromatic heterocycles. The highest BCUT2D eigenvalue weighted by Crippen LogP contribution is 2.41. The molecule has 0 fully saturated rings. The topological polar surface area (TPSA) is 22.3 Å². The van der Waals surface area contributed by atoms with Gasteiger partial charge >= 0.3 is 0 Å². The van der Waals surface area contributed by atoms with Crippen LogP contribution in [0.25, 0.3) is 11.3 Å². The normalized spacial score (nSPS) is 18.9. The van der Waals surface area contributed by atoms with Crippen LogP contribution in [0.1, 0.15) is 30.4 Å². The monoisotopic (exact) mass is 310 g/mol. The molecule has 23 heavy (non-hydrogen) atoms. The molecule has 120 valence electrons. The zero-order valence-corrected chi connectivity index (χ0v) is 13.9. The number of aromatic nitrogens is 1. The number of ether oxygens (including phenoxy) is 2. The first kappa shape index (κ1) is 15.8. The van der Waals surface area contributed by atoms with E-state index in [0.29, 0.717) is 12.0 Å². The van der Waals surface area contributed by atoms with E-state index < -0.39 is 0 Å². The fourth-order valence-corrected chi connectivity index (χ4v) is 3.58. The fourth-order valence-electron chi connectivity index (χ4n) is 3.58. The van der Waals surface area contributed by atoms with Crippen molar-refractivity contribution >= 4 is 0 Å². The van der Waals surface area contributed by atoms with E-state index in [0.717, 1.165) is 25.2 Å². The van der Waals surface area contributed by atoms with Gasteiger partial charge in [-0.3, -0.25) is 0 Å². The Morgan fingerprint density at radius 1 is 1.13 bits per heavy atom. The zero-order valence-electron chi connectivity index (χ0n) is 13.9. The van der Waals surface area contributed by atoms with Crippen molar-refractivity contribution in [2.45, 2.75) is 24.8 Å². The number of hydrogen-bond donors (Lipinski definition) is 0. The van der Waals surface area contributed by atoms with Crippen molar-refractivity contribution in [3.8, 4) is 11.3 Å². The quantitative estimate of drug-likeness (QED) is 0.597. The zero-order chi connectivity index (χ0) is 16.2. The van der Waals surface area contributed by atoms with Crippen molar-refractivity contribution in [3.63, 3.8) is 0 Å². The van der Waals surface area contributed by atoms with Crippen molar-refractivity contribution in [2.75, 3.05) is 20.8 Å². The Balaban J connectivity index is 2.10. The van der Waals surface area contributed by atoms with Gasteiger partial charge in [-0.15, -0.1) is 0 Å². The summed E-state index contributed by atoms with van der Waals surface area (Å²) < 4.78 is 13.1. The summed E-state index contributed by atoms with van der Waals surface area (Å²) >= 11 is 0. The van der Waals surface area contributed by atoms with Crippen LogP contribution in [0.3, 0.4) is 0 Å². The standard InChI is InChI=1S/C20H24NO2/c1-15(23-3)14-20-18(11-13-22-2)16-8-4-5-9-17(16)19-10-6-7-12-21(19)20/h4-10,12,18,20H,1,11,13-14H2,2-3H3/q+1. The van der Waals surface area contributed by atoms with E-state index in [9.17, 15) is 0 Å². The lowest BCUT2D eigenvalue weighted by Gasteiger charge is -2.30. The average molecular weight is 310 g/mol. The Morgan fingerprint density at radius 3 is 2.70 bits per heavy atom.